The van der Waals surface area contributed by atoms with Gasteiger partial charge in [0.2, 0.25) is 0 Å². The molecule has 0 spiro atoms. The summed E-state index contributed by atoms with van der Waals surface area (Å²) < 4.78 is 11.2. The van der Waals surface area contributed by atoms with Crippen LogP contribution in [0.1, 0.15) is 32.1 Å². The van der Waals surface area contributed by atoms with E-state index in [0.29, 0.717) is 24.3 Å². The Kier molecular flexibility index (Phi) is 6.50. The summed E-state index contributed by atoms with van der Waals surface area (Å²) in [6.45, 7) is 0.621. The fourth-order valence-electron chi connectivity index (χ4n) is 3.23. The highest BCUT2D eigenvalue weighted by Gasteiger charge is 2.38. The van der Waals surface area contributed by atoms with Gasteiger partial charge in [0.1, 0.15) is 0 Å². The Balaban J connectivity index is 1.95. The van der Waals surface area contributed by atoms with E-state index in [1.165, 1.54) is 25.7 Å². The zero-order valence-electron chi connectivity index (χ0n) is 12.6. The molecule has 21 heavy (non-hydrogen) atoms. The largest absolute Gasteiger partial charge is 0.493 e. The van der Waals surface area contributed by atoms with Gasteiger partial charge in [0.15, 0.2) is 11.5 Å². The van der Waals surface area contributed by atoms with Crippen molar-refractivity contribution in [3.8, 4) is 11.5 Å². The molecule has 2 rings (SSSR count). The lowest BCUT2D eigenvalue weighted by Crippen LogP contribution is -2.35. The second kappa shape index (κ2) is 8.14. The zero-order chi connectivity index (χ0) is 15.1. The normalized spacial score (nSPS) is 16.1. The fourth-order valence-corrected chi connectivity index (χ4v) is 4.22. The van der Waals surface area contributed by atoms with Crippen molar-refractivity contribution >= 4 is 23.2 Å². The molecule has 4 heteroatoms. The number of para-hydroxylation sites is 2. The SMILES string of the molecule is COc1ccccc1OCCC(CCl)(CCl)C1CCCC1. The van der Waals surface area contributed by atoms with Crippen LogP contribution in [-0.4, -0.2) is 25.5 Å². The van der Waals surface area contributed by atoms with E-state index in [1.54, 1.807) is 7.11 Å². The minimum atomic E-state index is 0.00161. The minimum absolute atomic E-state index is 0.00161. The Hall–Kier alpha value is -0.600. The first-order chi connectivity index (χ1) is 10.3. The van der Waals surface area contributed by atoms with Gasteiger partial charge in [0, 0.05) is 17.2 Å². The molecule has 2 nitrogen and oxygen atoms in total. The molecule has 1 aromatic rings. The van der Waals surface area contributed by atoms with Crippen molar-refractivity contribution < 1.29 is 9.47 Å². The van der Waals surface area contributed by atoms with Gasteiger partial charge >= 0.3 is 0 Å². The molecule has 0 amide bonds. The molecule has 118 valence electrons. The summed E-state index contributed by atoms with van der Waals surface area (Å²) >= 11 is 12.6. The molecule has 1 fully saturated rings. The Morgan fingerprint density at radius 3 is 2.29 bits per heavy atom. The average molecular weight is 331 g/mol. The van der Waals surface area contributed by atoms with Gasteiger partial charge in [0.25, 0.3) is 0 Å². The second-order valence-electron chi connectivity index (χ2n) is 5.86. The van der Waals surface area contributed by atoms with Crippen LogP contribution in [-0.2, 0) is 0 Å². The molecule has 0 aliphatic heterocycles. The van der Waals surface area contributed by atoms with Gasteiger partial charge in [-0.3, -0.25) is 0 Å². The standard InChI is InChI=1S/C17H24Cl2O2/c1-20-15-8-4-5-9-16(15)21-11-10-17(12-18,13-19)14-6-2-3-7-14/h4-5,8-9,14H,2-3,6-7,10-13H2,1H3. The molecule has 0 saturated heterocycles. The quantitative estimate of drug-likeness (QED) is 0.616. The fraction of sp³-hybridized carbons (Fsp3) is 0.647. The van der Waals surface area contributed by atoms with Crippen LogP contribution in [0.3, 0.4) is 0 Å². The van der Waals surface area contributed by atoms with Crippen LogP contribution in [0.2, 0.25) is 0 Å². The van der Waals surface area contributed by atoms with Crippen LogP contribution in [0.5, 0.6) is 11.5 Å². The van der Waals surface area contributed by atoms with Crippen molar-refractivity contribution in [3.05, 3.63) is 24.3 Å². The van der Waals surface area contributed by atoms with E-state index in [2.05, 4.69) is 0 Å². The molecule has 1 aliphatic rings. The van der Waals surface area contributed by atoms with Crippen LogP contribution < -0.4 is 9.47 Å². The topological polar surface area (TPSA) is 18.5 Å². The van der Waals surface area contributed by atoms with Crippen molar-refractivity contribution in [1.29, 1.82) is 0 Å². The van der Waals surface area contributed by atoms with E-state index in [-0.39, 0.29) is 5.41 Å². The number of halogens is 2. The summed E-state index contributed by atoms with van der Waals surface area (Å²) in [7, 11) is 1.66. The number of ether oxygens (including phenoxy) is 2. The first-order valence-electron chi connectivity index (χ1n) is 7.63. The molecule has 0 bridgehead atoms. The molecule has 0 unspecified atom stereocenters. The molecule has 1 aliphatic carbocycles. The summed E-state index contributed by atoms with van der Waals surface area (Å²) in [5, 5.41) is 0. The number of methoxy groups -OCH3 is 1. The molecule has 0 radical (unpaired) electrons. The Bertz CT molecular complexity index is 427. The van der Waals surface area contributed by atoms with Gasteiger partial charge in [-0.05, 0) is 37.3 Å². The number of hydrogen-bond donors (Lipinski definition) is 0. The van der Waals surface area contributed by atoms with Gasteiger partial charge in [-0.25, -0.2) is 0 Å². The molecule has 0 heterocycles. The number of hydrogen-bond acceptors (Lipinski definition) is 2. The minimum Gasteiger partial charge on any atom is -0.493 e. The van der Waals surface area contributed by atoms with Crippen LogP contribution in [0.4, 0.5) is 0 Å². The summed E-state index contributed by atoms with van der Waals surface area (Å²) in [4.78, 5) is 0. The van der Waals surface area contributed by atoms with Crippen molar-refractivity contribution in [3.63, 3.8) is 0 Å². The van der Waals surface area contributed by atoms with E-state index in [9.17, 15) is 0 Å². The maximum atomic E-state index is 6.28. The van der Waals surface area contributed by atoms with Crippen molar-refractivity contribution in [2.75, 3.05) is 25.5 Å². The molecule has 1 aromatic carbocycles. The Labute approximate surface area is 137 Å². The molecule has 0 aromatic heterocycles. The first kappa shape index (κ1) is 16.8. The lowest BCUT2D eigenvalue weighted by atomic mass is 9.75. The van der Waals surface area contributed by atoms with E-state index in [4.69, 9.17) is 32.7 Å². The highest BCUT2D eigenvalue weighted by Crippen LogP contribution is 2.44. The highest BCUT2D eigenvalue weighted by atomic mass is 35.5. The van der Waals surface area contributed by atoms with Crippen molar-refractivity contribution in [2.45, 2.75) is 32.1 Å². The Morgan fingerprint density at radius 1 is 1.10 bits per heavy atom. The maximum Gasteiger partial charge on any atom is 0.161 e. The van der Waals surface area contributed by atoms with Crippen molar-refractivity contribution in [2.24, 2.45) is 11.3 Å². The summed E-state index contributed by atoms with van der Waals surface area (Å²) in [5.41, 5.74) is 0.00161. The van der Waals surface area contributed by atoms with Crippen LogP contribution >= 0.6 is 23.2 Å². The number of alkyl halides is 2. The second-order valence-corrected chi connectivity index (χ2v) is 6.39. The Morgan fingerprint density at radius 2 is 1.71 bits per heavy atom. The van der Waals surface area contributed by atoms with Crippen LogP contribution in [0.15, 0.2) is 24.3 Å². The van der Waals surface area contributed by atoms with Crippen molar-refractivity contribution in [1.82, 2.24) is 0 Å². The summed E-state index contributed by atoms with van der Waals surface area (Å²) in [5.74, 6) is 3.39. The smallest absolute Gasteiger partial charge is 0.161 e. The highest BCUT2D eigenvalue weighted by molar-refractivity contribution is 6.21. The monoisotopic (exact) mass is 330 g/mol. The van der Waals surface area contributed by atoms with Crippen LogP contribution in [0.25, 0.3) is 0 Å². The van der Waals surface area contributed by atoms with Gasteiger partial charge in [-0.2, -0.15) is 0 Å². The molecule has 0 atom stereocenters. The number of benzene rings is 1. The van der Waals surface area contributed by atoms with E-state index in [1.807, 2.05) is 24.3 Å². The maximum absolute atomic E-state index is 6.28. The first-order valence-corrected chi connectivity index (χ1v) is 8.70. The molecular formula is C17H24Cl2O2. The van der Waals surface area contributed by atoms with Gasteiger partial charge in [-0.1, -0.05) is 25.0 Å². The number of rotatable bonds is 8. The summed E-state index contributed by atoms with van der Waals surface area (Å²) in [6.07, 6.45) is 5.98. The third-order valence-corrected chi connectivity index (χ3v) is 5.74. The predicted octanol–water partition coefficient (Wildman–Crippen LogP) is 5.12. The van der Waals surface area contributed by atoms with Gasteiger partial charge < -0.3 is 9.47 Å². The van der Waals surface area contributed by atoms with Gasteiger partial charge in [-0.15, -0.1) is 23.2 Å². The third kappa shape index (κ3) is 3.98. The molecule has 1 saturated carbocycles. The zero-order valence-corrected chi connectivity index (χ0v) is 14.1. The average Bonchev–Trinajstić information content (AvgIpc) is 3.07. The summed E-state index contributed by atoms with van der Waals surface area (Å²) in [6, 6.07) is 7.72. The lowest BCUT2D eigenvalue weighted by Gasteiger charge is -2.36. The molecule has 0 N–H and O–H groups in total. The van der Waals surface area contributed by atoms with E-state index < -0.39 is 0 Å². The lowest BCUT2D eigenvalue weighted by molar-refractivity contribution is 0.161. The third-order valence-electron chi connectivity index (χ3n) is 4.68. The van der Waals surface area contributed by atoms with Gasteiger partial charge in [0.05, 0.1) is 13.7 Å². The molecular weight excluding hydrogens is 307 g/mol. The van der Waals surface area contributed by atoms with E-state index in [0.717, 1.165) is 17.9 Å². The predicted molar refractivity (Wildman–Crippen MR) is 88.9 cm³/mol. The van der Waals surface area contributed by atoms with Crippen LogP contribution in [0, 0.1) is 11.3 Å². The van der Waals surface area contributed by atoms with E-state index >= 15 is 0 Å².